The third-order valence-corrected chi connectivity index (χ3v) is 5.61. The van der Waals surface area contributed by atoms with Crippen LogP contribution in [0.25, 0.3) is 0 Å². The van der Waals surface area contributed by atoms with Gasteiger partial charge < -0.3 is 4.90 Å². The van der Waals surface area contributed by atoms with Crippen LogP contribution in [0.1, 0.15) is 94.9 Å². The number of unbranched alkanes of at least 4 members (excludes halogenated alkanes) is 2. The van der Waals surface area contributed by atoms with E-state index in [4.69, 9.17) is 0 Å². The summed E-state index contributed by atoms with van der Waals surface area (Å²) in [5.41, 5.74) is 0. The van der Waals surface area contributed by atoms with Gasteiger partial charge in [-0.3, -0.25) is 9.80 Å². The van der Waals surface area contributed by atoms with Crippen molar-refractivity contribution in [2.24, 2.45) is 0 Å². The van der Waals surface area contributed by atoms with E-state index in [0.717, 1.165) is 0 Å². The fourth-order valence-corrected chi connectivity index (χ4v) is 4.07. The van der Waals surface area contributed by atoms with Crippen LogP contribution in [0.15, 0.2) is 0 Å². The highest BCUT2D eigenvalue weighted by Gasteiger charge is 2.15. The van der Waals surface area contributed by atoms with E-state index < -0.39 is 0 Å². The van der Waals surface area contributed by atoms with Crippen molar-refractivity contribution in [2.75, 3.05) is 26.2 Å². The normalized spacial score (nSPS) is 13.2. The second kappa shape index (κ2) is 14.0. The van der Waals surface area contributed by atoms with E-state index in [1.165, 1.54) is 51.9 Å². The van der Waals surface area contributed by atoms with Crippen molar-refractivity contribution in [3.8, 4) is 0 Å². The van der Waals surface area contributed by atoms with Gasteiger partial charge in [-0.05, 0) is 121 Å². The SMILES string of the molecule is CC(C)N(CCCCN(C(C)C)C(C)C)CCCCN(C(C)C)C(C)C. The molecule has 0 aliphatic rings. The molecule has 0 unspecified atom stereocenters. The molecule has 0 radical (unpaired) electrons. The van der Waals surface area contributed by atoms with Crippen LogP contribution in [-0.4, -0.2) is 71.1 Å². The molecule has 0 rings (SSSR count). The van der Waals surface area contributed by atoms with Crippen LogP contribution in [0.2, 0.25) is 0 Å². The molecule has 0 saturated heterocycles. The molecule has 3 nitrogen and oxygen atoms in total. The monoisotopic (exact) mass is 369 g/mol. The van der Waals surface area contributed by atoms with Crippen molar-refractivity contribution in [1.29, 1.82) is 0 Å². The Morgan fingerprint density at radius 3 is 0.885 bits per heavy atom. The van der Waals surface area contributed by atoms with E-state index in [1.807, 2.05) is 0 Å². The zero-order chi connectivity index (χ0) is 20.3. The summed E-state index contributed by atoms with van der Waals surface area (Å²) >= 11 is 0. The molecule has 0 aromatic heterocycles. The fourth-order valence-electron chi connectivity index (χ4n) is 4.07. The minimum Gasteiger partial charge on any atom is -0.301 e. The van der Waals surface area contributed by atoms with Crippen LogP contribution < -0.4 is 0 Å². The van der Waals surface area contributed by atoms with E-state index in [-0.39, 0.29) is 0 Å². The number of nitrogens with zero attached hydrogens (tertiary/aromatic N) is 3. The highest BCUT2D eigenvalue weighted by Crippen LogP contribution is 2.11. The van der Waals surface area contributed by atoms with Gasteiger partial charge in [-0.2, -0.15) is 0 Å². The Morgan fingerprint density at radius 2 is 0.654 bits per heavy atom. The van der Waals surface area contributed by atoms with Crippen molar-refractivity contribution < 1.29 is 0 Å². The van der Waals surface area contributed by atoms with Crippen LogP contribution in [0.3, 0.4) is 0 Å². The van der Waals surface area contributed by atoms with Gasteiger partial charge in [-0.25, -0.2) is 0 Å². The molecule has 0 atom stereocenters. The van der Waals surface area contributed by atoms with Crippen molar-refractivity contribution in [3.63, 3.8) is 0 Å². The number of hydrogen-bond donors (Lipinski definition) is 0. The Labute approximate surface area is 166 Å². The van der Waals surface area contributed by atoms with E-state index >= 15 is 0 Å². The van der Waals surface area contributed by atoms with Crippen LogP contribution in [-0.2, 0) is 0 Å². The van der Waals surface area contributed by atoms with Crippen molar-refractivity contribution >= 4 is 0 Å². The number of hydrogen-bond acceptors (Lipinski definition) is 3. The fraction of sp³-hybridized carbons (Fsp3) is 1.00. The molecular formula is C23H51N3. The molecule has 0 bridgehead atoms. The van der Waals surface area contributed by atoms with Crippen LogP contribution >= 0.6 is 0 Å². The molecule has 0 aliphatic carbocycles. The summed E-state index contributed by atoms with van der Waals surface area (Å²) in [6.45, 7) is 28.2. The van der Waals surface area contributed by atoms with Crippen molar-refractivity contribution in [3.05, 3.63) is 0 Å². The van der Waals surface area contributed by atoms with Gasteiger partial charge >= 0.3 is 0 Å². The Morgan fingerprint density at radius 1 is 0.385 bits per heavy atom. The molecule has 158 valence electrons. The van der Waals surface area contributed by atoms with Crippen LogP contribution in [0, 0.1) is 0 Å². The predicted octanol–water partition coefficient (Wildman–Crippen LogP) is 5.49. The lowest BCUT2D eigenvalue weighted by Crippen LogP contribution is -2.39. The Hall–Kier alpha value is -0.120. The molecule has 0 aliphatic heterocycles. The summed E-state index contributed by atoms with van der Waals surface area (Å²) in [4.78, 5) is 7.92. The Kier molecular flexibility index (Phi) is 13.9. The zero-order valence-electron chi connectivity index (χ0n) is 19.9. The van der Waals surface area contributed by atoms with Crippen molar-refractivity contribution in [1.82, 2.24) is 14.7 Å². The quantitative estimate of drug-likeness (QED) is 0.353. The molecule has 0 amide bonds. The Balaban J connectivity index is 4.14. The first-order valence-corrected chi connectivity index (χ1v) is 11.3. The first-order chi connectivity index (χ1) is 12.1. The van der Waals surface area contributed by atoms with E-state index in [0.29, 0.717) is 30.2 Å². The largest absolute Gasteiger partial charge is 0.301 e. The standard InChI is InChI=1S/C23H51N3/c1-19(2)24(15-11-13-17-25(20(3)4)21(5)6)16-12-14-18-26(22(7)8)23(9)10/h19-23H,11-18H2,1-10H3. The zero-order valence-corrected chi connectivity index (χ0v) is 19.9. The van der Waals surface area contributed by atoms with E-state index in [2.05, 4.69) is 83.9 Å². The molecule has 0 saturated carbocycles. The summed E-state index contributed by atoms with van der Waals surface area (Å²) in [5, 5.41) is 0. The second-order valence-electron chi connectivity index (χ2n) is 9.39. The van der Waals surface area contributed by atoms with Gasteiger partial charge in [0.05, 0.1) is 0 Å². The van der Waals surface area contributed by atoms with Crippen LogP contribution in [0.4, 0.5) is 0 Å². The molecule has 3 heteroatoms. The Bertz CT molecular complexity index is 279. The maximum absolute atomic E-state index is 2.68. The van der Waals surface area contributed by atoms with Gasteiger partial charge in [0.25, 0.3) is 0 Å². The molecular weight excluding hydrogens is 318 g/mol. The van der Waals surface area contributed by atoms with Gasteiger partial charge in [0.15, 0.2) is 0 Å². The molecule has 0 aromatic rings. The van der Waals surface area contributed by atoms with Gasteiger partial charge in [0, 0.05) is 30.2 Å². The summed E-state index contributed by atoms with van der Waals surface area (Å²) in [6.07, 6.45) is 5.26. The lowest BCUT2D eigenvalue weighted by Gasteiger charge is -2.32. The van der Waals surface area contributed by atoms with Gasteiger partial charge in [0.1, 0.15) is 0 Å². The lowest BCUT2D eigenvalue weighted by molar-refractivity contribution is 0.155. The summed E-state index contributed by atoms with van der Waals surface area (Å²) in [6, 6.07) is 3.27. The third kappa shape index (κ3) is 10.9. The molecule has 0 spiro atoms. The molecule has 0 N–H and O–H groups in total. The lowest BCUT2D eigenvalue weighted by atomic mass is 10.1. The first-order valence-electron chi connectivity index (χ1n) is 11.3. The average Bonchev–Trinajstić information content (AvgIpc) is 2.50. The summed E-state index contributed by atoms with van der Waals surface area (Å²) < 4.78 is 0. The smallest absolute Gasteiger partial charge is 0.00412 e. The van der Waals surface area contributed by atoms with E-state index in [1.54, 1.807) is 0 Å². The average molecular weight is 370 g/mol. The minimum absolute atomic E-state index is 0.654. The second-order valence-corrected chi connectivity index (χ2v) is 9.39. The van der Waals surface area contributed by atoms with Gasteiger partial charge in [-0.1, -0.05) is 0 Å². The molecule has 0 aromatic carbocycles. The van der Waals surface area contributed by atoms with E-state index in [9.17, 15) is 0 Å². The van der Waals surface area contributed by atoms with Gasteiger partial charge in [0.2, 0.25) is 0 Å². The molecule has 0 fully saturated rings. The molecule has 26 heavy (non-hydrogen) atoms. The maximum Gasteiger partial charge on any atom is 0.00412 e. The predicted molar refractivity (Wildman–Crippen MR) is 119 cm³/mol. The topological polar surface area (TPSA) is 9.72 Å². The third-order valence-electron chi connectivity index (χ3n) is 5.61. The maximum atomic E-state index is 2.68. The minimum atomic E-state index is 0.654. The highest BCUT2D eigenvalue weighted by atomic mass is 15.2. The first kappa shape index (κ1) is 25.9. The van der Waals surface area contributed by atoms with Crippen molar-refractivity contribution in [2.45, 2.75) is 125 Å². The van der Waals surface area contributed by atoms with Gasteiger partial charge in [-0.15, -0.1) is 0 Å². The summed E-state index contributed by atoms with van der Waals surface area (Å²) in [7, 11) is 0. The van der Waals surface area contributed by atoms with Crippen LogP contribution in [0.5, 0.6) is 0 Å². The number of rotatable bonds is 15. The summed E-state index contributed by atoms with van der Waals surface area (Å²) in [5.74, 6) is 0. The highest BCUT2D eigenvalue weighted by molar-refractivity contribution is 4.70. The molecule has 0 heterocycles.